The Kier molecular flexibility index (Phi) is 10.0. The second-order valence-electron chi connectivity index (χ2n) is 5.97. The molecular formula is C22H26O6. The van der Waals surface area contributed by atoms with Gasteiger partial charge >= 0.3 is 11.9 Å². The van der Waals surface area contributed by atoms with Gasteiger partial charge in [-0.3, -0.25) is 9.59 Å². The molecule has 0 aromatic heterocycles. The average molecular weight is 386 g/mol. The number of carbonyl (C=O) groups is 2. The molecule has 2 rings (SSSR count). The standard InChI is InChI=1S/C22H26O6/c23-21(27-17-15-25-19-9-3-1-4-10-19)13-7-8-14-22(24)28-18-16-26-20-11-5-2-6-12-20/h1-6,9-12H,7-8,13-18H2. The molecule has 0 bridgehead atoms. The van der Waals surface area contributed by atoms with Crippen molar-refractivity contribution in [2.75, 3.05) is 26.4 Å². The predicted molar refractivity (Wildman–Crippen MR) is 104 cm³/mol. The molecule has 6 nitrogen and oxygen atoms in total. The van der Waals surface area contributed by atoms with Crippen LogP contribution < -0.4 is 9.47 Å². The van der Waals surface area contributed by atoms with E-state index < -0.39 is 0 Å². The number of hydrogen-bond acceptors (Lipinski definition) is 6. The molecule has 0 spiro atoms. The number of carbonyl (C=O) groups excluding carboxylic acids is 2. The molecule has 0 N–H and O–H groups in total. The zero-order valence-corrected chi connectivity index (χ0v) is 15.9. The number of unbranched alkanes of at least 4 members (excludes halogenated alkanes) is 1. The van der Waals surface area contributed by atoms with E-state index in [0.717, 1.165) is 11.5 Å². The number of benzene rings is 2. The maximum atomic E-state index is 11.6. The number of rotatable bonds is 13. The van der Waals surface area contributed by atoms with E-state index in [1.807, 2.05) is 60.7 Å². The molecule has 150 valence electrons. The number of ether oxygens (including phenoxy) is 4. The van der Waals surface area contributed by atoms with Crippen molar-refractivity contribution in [3.8, 4) is 11.5 Å². The van der Waals surface area contributed by atoms with Crippen LogP contribution in [0.4, 0.5) is 0 Å². The van der Waals surface area contributed by atoms with Crippen LogP contribution in [-0.2, 0) is 19.1 Å². The molecule has 0 heterocycles. The van der Waals surface area contributed by atoms with Gasteiger partial charge in [-0.1, -0.05) is 36.4 Å². The highest BCUT2D eigenvalue weighted by molar-refractivity contribution is 5.70. The lowest BCUT2D eigenvalue weighted by Crippen LogP contribution is -2.13. The van der Waals surface area contributed by atoms with Crippen molar-refractivity contribution in [2.24, 2.45) is 0 Å². The van der Waals surface area contributed by atoms with Gasteiger partial charge < -0.3 is 18.9 Å². The van der Waals surface area contributed by atoms with E-state index >= 15 is 0 Å². The molecule has 0 radical (unpaired) electrons. The van der Waals surface area contributed by atoms with Crippen LogP contribution in [0, 0.1) is 0 Å². The number of para-hydroxylation sites is 2. The summed E-state index contributed by atoms with van der Waals surface area (Å²) < 4.78 is 21.1. The highest BCUT2D eigenvalue weighted by Crippen LogP contribution is 2.09. The highest BCUT2D eigenvalue weighted by atomic mass is 16.6. The molecule has 0 saturated carbocycles. The normalized spacial score (nSPS) is 10.1. The Balaban J connectivity index is 1.41. The van der Waals surface area contributed by atoms with E-state index in [9.17, 15) is 9.59 Å². The SMILES string of the molecule is O=C(CCCCC(=O)OCCOc1ccccc1)OCCOc1ccccc1. The topological polar surface area (TPSA) is 71.1 Å². The summed E-state index contributed by atoms with van der Waals surface area (Å²) in [6.07, 6.45) is 1.70. The number of hydrogen-bond donors (Lipinski definition) is 0. The second-order valence-corrected chi connectivity index (χ2v) is 5.97. The van der Waals surface area contributed by atoms with E-state index in [1.165, 1.54) is 0 Å². The van der Waals surface area contributed by atoms with Crippen molar-refractivity contribution in [3.05, 3.63) is 60.7 Å². The van der Waals surface area contributed by atoms with Gasteiger partial charge in [0, 0.05) is 12.8 Å². The van der Waals surface area contributed by atoms with Crippen molar-refractivity contribution < 1.29 is 28.5 Å². The summed E-state index contributed by atoms with van der Waals surface area (Å²) in [5, 5.41) is 0. The minimum atomic E-state index is -0.290. The van der Waals surface area contributed by atoms with Crippen LogP contribution in [0.2, 0.25) is 0 Å². The Hall–Kier alpha value is -3.02. The summed E-state index contributed by atoms with van der Waals surface area (Å²) in [6.45, 7) is 1.04. The quantitative estimate of drug-likeness (QED) is 0.385. The molecule has 6 heteroatoms. The van der Waals surface area contributed by atoms with Gasteiger partial charge in [0.15, 0.2) is 0 Å². The highest BCUT2D eigenvalue weighted by Gasteiger charge is 2.06. The first kappa shape index (κ1) is 21.3. The molecule has 0 aliphatic carbocycles. The van der Waals surface area contributed by atoms with Gasteiger partial charge in [0.1, 0.15) is 37.9 Å². The Morgan fingerprint density at radius 1 is 0.571 bits per heavy atom. The molecule has 0 saturated heterocycles. The summed E-state index contributed by atoms with van der Waals surface area (Å²) in [5.74, 6) is 0.903. The monoisotopic (exact) mass is 386 g/mol. The minimum absolute atomic E-state index is 0.206. The van der Waals surface area contributed by atoms with Crippen LogP contribution >= 0.6 is 0 Å². The zero-order chi connectivity index (χ0) is 19.9. The molecule has 0 unspecified atom stereocenters. The molecule has 0 fully saturated rings. The fourth-order valence-corrected chi connectivity index (χ4v) is 2.35. The molecule has 2 aromatic rings. The third-order valence-electron chi connectivity index (χ3n) is 3.73. The van der Waals surface area contributed by atoms with Gasteiger partial charge in [-0.05, 0) is 37.1 Å². The van der Waals surface area contributed by atoms with Gasteiger partial charge in [0.05, 0.1) is 0 Å². The first-order chi connectivity index (χ1) is 13.7. The van der Waals surface area contributed by atoms with Gasteiger partial charge in [-0.2, -0.15) is 0 Å². The third kappa shape index (κ3) is 9.62. The Bertz CT molecular complexity index is 625. The van der Waals surface area contributed by atoms with E-state index in [2.05, 4.69) is 0 Å². The largest absolute Gasteiger partial charge is 0.490 e. The van der Waals surface area contributed by atoms with Crippen LogP contribution in [0.15, 0.2) is 60.7 Å². The first-order valence-corrected chi connectivity index (χ1v) is 9.41. The van der Waals surface area contributed by atoms with E-state index in [1.54, 1.807) is 0 Å². The second kappa shape index (κ2) is 13.2. The average Bonchev–Trinajstić information content (AvgIpc) is 2.73. The molecule has 0 amide bonds. The summed E-state index contributed by atoms with van der Waals surface area (Å²) in [7, 11) is 0. The third-order valence-corrected chi connectivity index (χ3v) is 3.73. The smallest absolute Gasteiger partial charge is 0.305 e. The van der Waals surface area contributed by atoms with Crippen LogP contribution in [0.25, 0.3) is 0 Å². The van der Waals surface area contributed by atoms with E-state index in [-0.39, 0.29) is 38.0 Å². The molecule has 2 aromatic carbocycles. The maximum Gasteiger partial charge on any atom is 0.305 e. The van der Waals surface area contributed by atoms with Gasteiger partial charge in [0.25, 0.3) is 0 Å². The maximum absolute atomic E-state index is 11.6. The summed E-state index contributed by atoms with van der Waals surface area (Å²) >= 11 is 0. The lowest BCUT2D eigenvalue weighted by molar-refractivity contribution is -0.146. The minimum Gasteiger partial charge on any atom is -0.490 e. The lowest BCUT2D eigenvalue weighted by Gasteiger charge is -2.08. The lowest BCUT2D eigenvalue weighted by atomic mass is 10.2. The van der Waals surface area contributed by atoms with E-state index in [4.69, 9.17) is 18.9 Å². The summed E-state index contributed by atoms with van der Waals surface area (Å²) in [4.78, 5) is 23.3. The molecule has 0 aliphatic heterocycles. The summed E-state index contributed by atoms with van der Waals surface area (Å²) in [5.41, 5.74) is 0. The van der Waals surface area contributed by atoms with Crippen LogP contribution in [-0.4, -0.2) is 38.4 Å². The summed E-state index contributed by atoms with van der Waals surface area (Å²) in [6, 6.07) is 18.7. The van der Waals surface area contributed by atoms with Crippen molar-refractivity contribution in [1.82, 2.24) is 0 Å². The van der Waals surface area contributed by atoms with Gasteiger partial charge in [-0.25, -0.2) is 0 Å². The van der Waals surface area contributed by atoms with Gasteiger partial charge in [0.2, 0.25) is 0 Å². The molecule has 28 heavy (non-hydrogen) atoms. The van der Waals surface area contributed by atoms with Crippen molar-refractivity contribution in [3.63, 3.8) is 0 Å². The predicted octanol–water partition coefficient (Wildman–Crippen LogP) is 3.79. The molecular weight excluding hydrogens is 360 g/mol. The Morgan fingerprint density at radius 2 is 0.964 bits per heavy atom. The molecule has 0 aliphatic rings. The van der Waals surface area contributed by atoms with Crippen molar-refractivity contribution in [1.29, 1.82) is 0 Å². The molecule has 0 atom stereocenters. The van der Waals surface area contributed by atoms with Crippen LogP contribution in [0.3, 0.4) is 0 Å². The van der Waals surface area contributed by atoms with E-state index in [0.29, 0.717) is 26.1 Å². The van der Waals surface area contributed by atoms with Crippen LogP contribution in [0.1, 0.15) is 25.7 Å². The van der Waals surface area contributed by atoms with Crippen LogP contribution in [0.5, 0.6) is 11.5 Å². The van der Waals surface area contributed by atoms with Gasteiger partial charge in [-0.15, -0.1) is 0 Å². The Morgan fingerprint density at radius 3 is 1.36 bits per heavy atom. The number of esters is 2. The fraction of sp³-hybridized carbons (Fsp3) is 0.364. The first-order valence-electron chi connectivity index (χ1n) is 9.41. The zero-order valence-electron chi connectivity index (χ0n) is 15.9. The van der Waals surface area contributed by atoms with Crippen molar-refractivity contribution in [2.45, 2.75) is 25.7 Å². The fourth-order valence-electron chi connectivity index (χ4n) is 2.35. The van der Waals surface area contributed by atoms with Crippen molar-refractivity contribution >= 4 is 11.9 Å². The Labute approximate surface area is 165 Å².